The average Bonchev–Trinajstić information content (AvgIpc) is 3.16. The van der Waals surface area contributed by atoms with E-state index >= 15 is 0 Å². The lowest BCUT2D eigenvalue weighted by molar-refractivity contribution is 0.102. The van der Waals surface area contributed by atoms with Gasteiger partial charge in [-0.3, -0.25) is 4.79 Å². The summed E-state index contributed by atoms with van der Waals surface area (Å²) in [5.74, 6) is 1.20. The van der Waals surface area contributed by atoms with Crippen LogP contribution in [0, 0.1) is 0 Å². The number of halogens is 2. The topological polar surface area (TPSA) is 43.4 Å². The fourth-order valence-corrected chi connectivity index (χ4v) is 2.44. The van der Waals surface area contributed by atoms with E-state index in [9.17, 15) is 4.79 Å². The highest BCUT2D eigenvalue weighted by Gasteiger charge is 2.09. The molecule has 0 unspecified atom stereocenters. The Hall–Kier alpha value is -2.23. The molecule has 0 N–H and O–H groups in total. The number of ketones is 1. The molecule has 0 radical (unpaired) electrons. The summed E-state index contributed by atoms with van der Waals surface area (Å²) >= 11 is 12.0. The third-order valence-corrected chi connectivity index (χ3v) is 3.53. The number of hydrogen-bond acceptors (Lipinski definition) is 3. The summed E-state index contributed by atoms with van der Waals surface area (Å²) in [6.45, 7) is 0. The van der Waals surface area contributed by atoms with Gasteiger partial charge >= 0.3 is 0 Å². The standard InChI is InChI=1S/C17H10Cl2O3/c18-11-3-6-13(14(19)10-11)16-8-5-12(22-16)4-7-15(20)17-2-1-9-21-17/h1-10H. The highest BCUT2D eigenvalue weighted by Crippen LogP contribution is 2.31. The van der Waals surface area contributed by atoms with E-state index in [0.29, 0.717) is 21.6 Å². The molecule has 3 rings (SSSR count). The van der Waals surface area contributed by atoms with Crippen molar-refractivity contribution in [2.45, 2.75) is 0 Å². The number of furan rings is 2. The third kappa shape index (κ3) is 3.16. The molecule has 110 valence electrons. The van der Waals surface area contributed by atoms with Crippen molar-refractivity contribution in [3.05, 3.63) is 76.4 Å². The second-order valence-electron chi connectivity index (χ2n) is 4.50. The Morgan fingerprint density at radius 3 is 2.68 bits per heavy atom. The summed E-state index contributed by atoms with van der Waals surface area (Å²) in [6, 6.07) is 12.0. The predicted octanol–water partition coefficient (Wildman–Crippen LogP) is 5.74. The molecular weight excluding hydrogens is 323 g/mol. The normalized spacial score (nSPS) is 11.2. The van der Waals surface area contributed by atoms with Gasteiger partial charge in [-0.1, -0.05) is 23.2 Å². The minimum atomic E-state index is -0.229. The quantitative estimate of drug-likeness (QED) is 0.451. The number of allylic oxidation sites excluding steroid dienone is 1. The summed E-state index contributed by atoms with van der Waals surface area (Å²) in [6.07, 6.45) is 4.43. The maximum Gasteiger partial charge on any atom is 0.221 e. The van der Waals surface area contributed by atoms with Crippen LogP contribution in [-0.4, -0.2) is 5.78 Å². The summed E-state index contributed by atoms with van der Waals surface area (Å²) < 4.78 is 10.7. The first-order valence-corrected chi connectivity index (χ1v) is 7.20. The van der Waals surface area contributed by atoms with Crippen LogP contribution in [0.15, 0.2) is 63.6 Å². The molecule has 0 aliphatic carbocycles. The van der Waals surface area contributed by atoms with Gasteiger partial charge in [-0.25, -0.2) is 0 Å². The van der Waals surface area contributed by atoms with Gasteiger partial charge in [-0.05, 0) is 54.6 Å². The molecule has 0 saturated carbocycles. The Balaban J connectivity index is 1.80. The molecule has 22 heavy (non-hydrogen) atoms. The number of carbonyl (C=O) groups is 1. The molecular formula is C17H10Cl2O3. The van der Waals surface area contributed by atoms with Gasteiger partial charge in [-0.2, -0.15) is 0 Å². The number of hydrogen-bond donors (Lipinski definition) is 0. The van der Waals surface area contributed by atoms with E-state index in [0.717, 1.165) is 5.56 Å². The van der Waals surface area contributed by atoms with Gasteiger partial charge in [0.25, 0.3) is 0 Å². The monoisotopic (exact) mass is 332 g/mol. The zero-order valence-corrected chi connectivity index (χ0v) is 12.8. The van der Waals surface area contributed by atoms with Gasteiger partial charge in [0.05, 0.1) is 11.3 Å². The summed E-state index contributed by atoms with van der Waals surface area (Å²) in [5.41, 5.74) is 0.739. The van der Waals surface area contributed by atoms with Gasteiger partial charge in [0.2, 0.25) is 5.78 Å². The van der Waals surface area contributed by atoms with Crippen molar-refractivity contribution in [2.75, 3.05) is 0 Å². The van der Waals surface area contributed by atoms with Gasteiger partial charge in [-0.15, -0.1) is 0 Å². The second kappa shape index (κ2) is 6.26. The van der Waals surface area contributed by atoms with Crippen LogP contribution in [0.25, 0.3) is 17.4 Å². The van der Waals surface area contributed by atoms with E-state index in [1.54, 1.807) is 48.5 Å². The lowest BCUT2D eigenvalue weighted by atomic mass is 10.2. The van der Waals surface area contributed by atoms with Gasteiger partial charge < -0.3 is 8.83 Å². The van der Waals surface area contributed by atoms with Gasteiger partial charge in [0.1, 0.15) is 11.5 Å². The zero-order chi connectivity index (χ0) is 15.5. The minimum Gasteiger partial charge on any atom is -0.461 e. The molecule has 1 aromatic carbocycles. The van der Waals surface area contributed by atoms with Crippen LogP contribution in [-0.2, 0) is 0 Å². The summed E-state index contributed by atoms with van der Waals surface area (Å²) in [7, 11) is 0. The van der Waals surface area contributed by atoms with E-state index in [1.165, 1.54) is 12.3 Å². The fourth-order valence-electron chi connectivity index (χ4n) is 1.94. The lowest BCUT2D eigenvalue weighted by Gasteiger charge is -2.00. The smallest absolute Gasteiger partial charge is 0.221 e. The number of benzene rings is 1. The van der Waals surface area contributed by atoms with Crippen molar-refractivity contribution < 1.29 is 13.6 Å². The van der Waals surface area contributed by atoms with Crippen LogP contribution >= 0.6 is 23.2 Å². The number of rotatable bonds is 4. The predicted molar refractivity (Wildman–Crippen MR) is 86.2 cm³/mol. The molecule has 2 heterocycles. The van der Waals surface area contributed by atoms with Crippen LogP contribution in [0.3, 0.4) is 0 Å². The number of carbonyl (C=O) groups excluding carboxylic acids is 1. The molecule has 0 bridgehead atoms. The lowest BCUT2D eigenvalue weighted by Crippen LogP contribution is -1.89. The molecule has 0 fully saturated rings. The van der Waals surface area contributed by atoms with Crippen molar-refractivity contribution in [1.82, 2.24) is 0 Å². The SMILES string of the molecule is O=C(C=Cc1ccc(-c2ccc(Cl)cc2Cl)o1)c1ccco1. The van der Waals surface area contributed by atoms with E-state index in [4.69, 9.17) is 32.0 Å². The molecule has 3 aromatic rings. The Morgan fingerprint density at radius 2 is 1.95 bits per heavy atom. The van der Waals surface area contributed by atoms with Crippen LogP contribution in [0.4, 0.5) is 0 Å². The second-order valence-corrected chi connectivity index (χ2v) is 5.34. The van der Waals surface area contributed by atoms with Gasteiger partial charge in [0.15, 0.2) is 5.76 Å². The molecule has 0 atom stereocenters. The molecule has 0 amide bonds. The first kappa shape index (κ1) is 14.7. The first-order chi connectivity index (χ1) is 10.6. The molecule has 0 spiro atoms. The highest BCUT2D eigenvalue weighted by molar-refractivity contribution is 6.36. The van der Waals surface area contributed by atoms with Crippen molar-refractivity contribution in [2.24, 2.45) is 0 Å². The highest BCUT2D eigenvalue weighted by atomic mass is 35.5. The average molecular weight is 333 g/mol. The van der Waals surface area contributed by atoms with E-state index in [1.807, 2.05) is 0 Å². The van der Waals surface area contributed by atoms with E-state index in [-0.39, 0.29) is 11.5 Å². The molecule has 0 saturated heterocycles. The fraction of sp³-hybridized carbons (Fsp3) is 0. The van der Waals surface area contributed by atoms with Crippen LogP contribution < -0.4 is 0 Å². The molecule has 5 heteroatoms. The van der Waals surface area contributed by atoms with Crippen LogP contribution in [0.1, 0.15) is 16.3 Å². The Labute approximate surface area is 136 Å². The molecule has 0 aliphatic heterocycles. The van der Waals surface area contributed by atoms with Crippen molar-refractivity contribution in [1.29, 1.82) is 0 Å². The van der Waals surface area contributed by atoms with Gasteiger partial charge in [0, 0.05) is 10.6 Å². The Bertz CT molecular complexity index is 829. The van der Waals surface area contributed by atoms with Crippen molar-refractivity contribution in [3.8, 4) is 11.3 Å². The largest absolute Gasteiger partial charge is 0.461 e. The summed E-state index contributed by atoms with van der Waals surface area (Å²) in [4.78, 5) is 11.8. The first-order valence-electron chi connectivity index (χ1n) is 6.44. The maximum absolute atomic E-state index is 11.8. The Morgan fingerprint density at radius 1 is 1.09 bits per heavy atom. The minimum absolute atomic E-state index is 0.229. The molecule has 0 aliphatic rings. The maximum atomic E-state index is 11.8. The molecule has 2 aromatic heterocycles. The molecule has 3 nitrogen and oxygen atoms in total. The Kier molecular flexibility index (Phi) is 4.18. The van der Waals surface area contributed by atoms with E-state index < -0.39 is 0 Å². The van der Waals surface area contributed by atoms with Crippen molar-refractivity contribution >= 4 is 35.1 Å². The third-order valence-electron chi connectivity index (χ3n) is 2.99. The van der Waals surface area contributed by atoms with Crippen molar-refractivity contribution in [3.63, 3.8) is 0 Å². The van der Waals surface area contributed by atoms with Crippen LogP contribution in [0.5, 0.6) is 0 Å². The van der Waals surface area contributed by atoms with Crippen LogP contribution in [0.2, 0.25) is 10.0 Å². The summed E-state index contributed by atoms with van der Waals surface area (Å²) in [5, 5.41) is 1.06. The zero-order valence-electron chi connectivity index (χ0n) is 11.3. The van der Waals surface area contributed by atoms with E-state index in [2.05, 4.69) is 0 Å².